The Labute approximate surface area is 173 Å². The average molecular weight is 417 g/mol. The van der Waals surface area contributed by atoms with Gasteiger partial charge < -0.3 is 25.4 Å². The van der Waals surface area contributed by atoms with E-state index < -0.39 is 29.7 Å². The topological polar surface area (TPSA) is 140 Å². The molecule has 1 unspecified atom stereocenters. The van der Waals surface area contributed by atoms with Crippen molar-refractivity contribution in [2.24, 2.45) is 5.92 Å². The first-order valence-electron chi connectivity index (χ1n) is 9.23. The Balaban J connectivity index is 2.02. The van der Waals surface area contributed by atoms with Gasteiger partial charge in [0.2, 0.25) is 23.6 Å². The Hall–Kier alpha value is -3.69. The smallest absolute Gasteiger partial charge is 0.333 e. The minimum Gasteiger partial charge on any atom is -0.465 e. The van der Waals surface area contributed by atoms with E-state index in [1.165, 1.54) is 13.0 Å². The molecule has 30 heavy (non-hydrogen) atoms. The van der Waals surface area contributed by atoms with Crippen LogP contribution in [0.4, 0.5) is 11.4 Å². The summed E-state index contributed by atoms with van der Waals surface area (Å²) in [5.74, 6) is -5.34. The summed E-state index contributed by atoms with van der Waals surface area (Å²) in [5.41, 5.74) is 1.84. The molecule has 3 amide bonds. The lowest BCUT2D eigenvalue weighted by Gasteiger charge is -2.16. The zero-order chi connectivity index (χ0) is 22.3. The van der Waals surface area contributed by atoms with Crippen molar-refractivity contribution in [2.45, 2.75) is 20.3 Å². The van der Waals surface area contributed by atoms with Gasteiger partial charge in [-0.2, -0.15) is 0 Å². The highest BCUT2D eigenvalue weighted by atomic mass is 16.5. The van der Waals surface area contributed by atoms with Gasteiger partial charge >= 0.3 is 11.9 Å². The predicted molar refractivity (Wildman–Crippen MR) is 106 cm³/mol. The van der Waals surface area contributed by atoms with Crippen LogP contribution in [0, 0.1) is 5.92 Å². The largest absolute Gasteiger partial charge is 0.465 e. The molecule has 3 N–H and O–H groups in total. The van der Waals surface area contributed by atoms with Crippen molar-refractivity contribution in [1.29, 1.82) is 0 Å². The summed E-state index contributed by atoms with van der Waals surface area (Å²) in [4.78, 5) is 60.0. The Morgan fingerprint density at radius 2 is 1.93 bits per heavy atom. The molecule has 1 aliphatic heterocycles. The molecule has 0 spiro atoms. The van der Waals surface area contributed by atoms with Crippen molar-refractivity contribution in [3.8, 4) is 0 Å². The maximum Gasteiger partial charge on any atom is 0.333 e. The number of anilines is 2. The molecule has 0 aliphatic carbocycles. The van der Waals surface area contributed by atoms with E-state index in [0.717, 1.165) is 5.56 Å². The van der Waals surface area contributed by atoms with Gasteiger partial charge in [-0.3, -0.25) is 19.2 Å². The lowest BCUT2D eigenvalue weighted by molar-refractivity contribution is -0.155. The van der Waals surface area contributed by atoms with E-state index in [4.69, 9.17) is 9.47 Å². The molecule has 1 aromatic carbocycles. The molecule has 0 aromatic heterocycles. The summed E-state index contributed by atoms with van der Waals surface area (Å²) >= 11 is 0. The lowest BCUT2D eigenvalue weighted by atomic mass is 10.1. The van der Waals surface area contributed by atoms with Gasteiger partial charge in [-0.1, -0.05) is 12.6 Å². The fourth-order valence-electron chi connectivity index (χ4n) is 2.61. The minimum absolute atomic E-state index is 0.0169. The van der Waals surface area contributed by atoms with Gasteiger partial charge in [0.05, 0.1) is 19.6 Å². The first-order valence-corrected chi connectivity index (χ1v) is 9.23. The average Bonchev–Trinajstić information content (AvgIpc) is 3.04. The van der Waals surface area contributed by atoms with Crippen LogP contribution in [0.2, 0.25) is 0 Å². The van der Waals surface area contributed by atoms with Crippen LogP contribution in [0.3, 0.4) is 0 Å². The summed E-state index contributed by atoms with van der Waals surface area (Å²) in [6.45, 7) is 6.18. The molecule has 1 atom stereocenters. The Morgan fingerprint density at radius 3 is 2.60 bits per heavy atom. The highest BCUT2D eigenvalue weighted by Crippen LogP contribution is 2.26. The van der Waals surface area contributed by atoms with Crippen LogP contribution >= 0.6 is 0 Å². The lowest BCUT2D eigenvalue weighted by Crippen LogP contribution is -2.44. The van der Waals surface area contributed by atoms with Crippen LogP contribution in [0.25, 0.3) is 0 Å². The van der Waals surface area contributed by atoms with Crippen LogP contribution in [0.15, 0.2) is 30.4 Å². The maximum absolute atomic E-state index is 12.6. The third-order valence-electron chi connectivity index (χ3n) is 4.03. The summed E-state index contributed by atoms with van der Waals surface area (Å²) in [5, 5.41) is 7.50. The van der Waals surface area contributed by atoms with E-state index >= 15 is 0 Å². The molecule has 0 saturated carbocycles. The molecule has 1 heterocycles. The van der Waals surface area contributed by atoms with Gasteiger partial charge in [-0.05, 0) is 31.5 Å². The first kappa shape index (κ1) is 22.6. The number of hydrogen-bond acceptors (Lipinski definition) is 7. The molecule has 2 rings (SSSR count). The Bertz CT molecular complexity index is 894. The molecule has 1 aromatic rings. The molecular formula is C20H23N3O7. The van der Waals surface area contributed by atoms with Crippen molar-refractivity contribution >= 4 is 41.0 Å². The number of benzene rings is 1. The third kappa shape index (κ3) is 5.90. The van der Waals surface area contributed by atoms with Gasteiger partial charge in [0, 0.05) is 16.9 Å². The fraction of sp³-hybridized carbons (Fsp3) is 0.350. The van der Waals surface area contributed by atoms with Crippen molar-refractivity contribution in [1.82, 2.24) is 5.32 Å². The molecule has 10 nitrogen and oxygen atoms in total. The highest BCUT2D eigenvalue weighted by Gasteiger charge is 2.35. The number of hydrogen-bond donors (Lipinski definition) is 3. The van der Waals surface area contributed by atoms with Crippen LogP contribution in [-0.4, -0.2) is 49.4 Å². The van der Waals surface area contributed by atoms with E-state index in [1.807, 2.05) is 0 Å². The molecule has 1 aliphatic rings. The number of nitrogens with one attached hydrogen (secondary N) is 3. The molecule has 10 heteroatoms. The van der Waals surface area contributed by atoms with Crippen LogP contribution in [-0.2, 0) is 39.9 Å². The predicted octanol–water partition coefficient (Wildman–Crippen LogP) is 0.535. The molecule has 0 bridgehead atoms. The second-order valence-electron chi connectivity index (χ2n) is 6.48. The summed E-state index contributed by atoms with van der Waals surface area (Å²) < 4.78 is 9.68. The third-order valence-corrected chi connectivity index (χ3v) is 4.03. The van der Waals surface area contributed by atoms with Crippen molar-refractivity contribution in [3.63, 3.8) is 0 Å². The van der Waals surface area contributed by atoms with Crippen LogP contribution in [0.1, 0.15) is 19.4 Å². The number of esters is 2. The van der Waals surface area contributed by atoms with Crippen LogP contribution in [0.5, 0.6) is 0 Å². The maximum atomic E-state index is 12.6. The highest BCUT2D eigenvalue weighted by molar-refractivity contribution is 6.19. The number of ether oxygens (including phenoxy) is 2. The number of fused-ring (bicyclic) bond motifs is 1. The van der Waals surface area contributed by atoms with E-state index in [-0.39, 0.29) is 37.7 Å². The molecular weight excluding hydrogens is 394 g/mol. The van der Waals surface area contributed by atoms with Gasteiger partial charge in [-0.25, -0.2) is 4.79 Å². The molecule has 0 radical (unpaired) electrons. The van der Waals surface area contributed by atoms with E-state index in [0.29, 0.717) is 11.4 Å². The summed E-state index contributed by atoms with van der Waals surface area (Å²) in [7, 11) is 0. The van der Waals surface area contributed by atoms with E-state index in [9.17, 15) is 24.0 Å². The minimum atomic E-state index is -1.76. The number of carbonyl (C=O) groups excluding carboxylic acids is 5. The van der Waals surface area contributed by atoms with Gasteiger partial charge in [0.25, 0.3) is 0 Å². The van der Waals surface area contributed by atoms with Crippen molar-refractivity contribution in [3.05, 3.63) is 35.9 Å². The Kier molecular flexibility index (Phi) is 7.68. The summed E-state index contributed by atoms with van der Waals surface area (Å²) in [6, 6.07) is 4.77. The first-order chi connectivity index (χ1) is 14.2. The second kappa shape index (κ2) is 10.2. The molecule has 160 valence electrons. The fourth-order valence-corrected chi connectivity index (χ4v) is 2.61. The molecule has 0 saturated heterocycles. The van der Waals surface area contributed by atoms with E-state index in [1.54, 1.807) is 19.1 Å². The van der Waals surface area contributed by atoms with Crippen LogP contribution < -0.4 is 16.0 Å². The quantitative estimate of drug-likeness (QED) is 0.230. The monoisotopic (exact) mass is 417 g/mol. The molecule has 0 fully saturated rings. The zero-order valence-electron chi connectivity index (χ0n) is 16.7. The van der Waals surface area contributed by atoms with Gasteiger partial charge in [0.1, 0.15) is 6.61 Å². The van der Waals surface area contributed by atoms with E-state index in [2.05, 4.69) is 22.5 Å². The number of carbonyl (C=O) groups is 5. The zero-order valence-corrected chi connectivity index (χ0v) is 16.7. The SMILES string of the molecule is C=C(C)C(=O)OCCNC(=O)C(C(=O)Nc1ccc2c(c1)NC(=O)C2)C(=O)OCC. The van der Waals surface area contributed by atoms with Gasteiger partial charge in [0.15, 0.2) is 0 Å². The Morgan fingerprint density at radius 1 is 1.20 bits per heavy atom. The van der Waals surface area contributed by atoms with Crippen molar-refractivity contribution in [2.75, 3.05) is 30.4 Å². The standard InChI is InChI=1S/C20H23N3O7/c1-4-29-20(28)16(17(25)21-7-8-30-19(27)11(2)3)18(26)22-13-6-5-12-9-15(24)23-14(12)10-13/h5-6,10,16H,2,4,7-9H2,1,3H3,(H,21,25)(H,22,26)(H,23,24). The normalized spacial score (nSPS) is 12.8. The summed E-state index contributed by atoms with van der Waals surface area (Å²) in [6.07, 6.45) is 0.243. The van der Waals surface area contributed by atoms with Crippen molar-refractivity contribution < 1.29 is 33.4 Å². The number of rotatable bonds is 9. The van der Waals surface area contributed by atoms with Gasteiger partial charge in [-0.15, -0.1) is 0 Å². The number of amides is 3. The second-order valence-corrected chi connectivity index (χ2v) is 6.48.